The van der Waals surface area contributed by atoms with Crippen LogP contribution in [-0.4, -0.2) is 29.1 Å². The van der Waals surface area contributed by atoms with Crippen LogP contribution in [0.3, 0.4) is 0 Å². The Morgan fingerprint density at radius 2 is 0.783 bits per heavy atom. The fourth-order valence-corrected chi connectivity index (χ4v) is 8.04. The van der Waals surface area contributed by atoms with Crippen molar-refractivity contribution in [3.63, 3.8) is 0 Å². The molecule has 60 heavy (non-hydrogen) atoms. The van der Waals surface area contributed by atoms with Gasteiger partial charge in [0.1, 0.15) is 34.6 Å². The molecule has 0 spiro atoms. The molecule has 8 heteroatoms. The molecule has 0 N–H and O–H groups in total. The zero-order valence-corrected chi connectivity index (χ0v) is 32.8. The summed E-state index contributed by atoms with van der Waals surface area (Å²) < 4.78 is 17.3. The Morgan fingerprint density at radius 3 is 1.22 bits per heavy atom. The largest absolute Gasteiger partial charge is 0.457 e. The number of nitrogens with zero attached hydrogens (tertiary/aromatic N) is 6. The van der Waals surface area contributed by atoms with Gasteiger partial charge in [-0.1, -0.05) is 72.8 Å². The summed E-state index contributed by atoms with van der Waals surface area (Å²) in [6, 6.07) is 53.4. The third kappa shape index (κ3) is 6.27. The lowest BCUT2D eigenvalue weighted by Crippen LogP contribution is -1.97. The second kappa shape index (κ2) is 14.4. The van der Waals surface area contributed by atoms with Gasteiger partial charge in [0, 0.05) is 57.2 Å². The van der Waals surface area contributed by atoms with Crippen molar-refractivity contribution in [1.29, 1.82) is 0 Å². The van der Waals surface area contributed by atoms with Gasteiger partial charge in [-0.3, -0.25) is 19.1 Å². The Balaban J connectivity index is 0.848. The SMILES string of the molecule is Cc1ccc(-n2c3ccccc3c3ccc(Oc4cccc(-c5cnc(-c6cccc(Oc7ccc8c9ccccc9n(-c9ccc(C)cn9)c8c7)c6)cn5)c4)cc32)nc1. The lowest BCUT2D eigenvalue weighted by molar-refractivity contribution is 0.483. The molecule has 286 valence electrons. The Morgan fingerprint density at radius 1 is 0.350 bits per heavy atom. The lowest BCUT2D eigenvalue weighted by atomic mass is 10.1. The van der Waals surface area contributed by atoms with Gasteiger partial charge in [0.25, 0.3) is 0 Å². The molecule has 0 aliphatic carbocycles. The van der Waals surface area contributed by atoms with Gasteiger partial charge in [-0.05, 0) is 97.8 Å². The molecular weight excluding hydrogens is 741 g/mol. The van der Waals surface area contributed by atoms with Crippen LogP contribution in [0.25, 0.3) is 77.8 Å². The van der Waals surface area contributed by atoms with Crippen molar-refractivity contribution in [2.75, 3.05) is 0 Å². The molecule has 0 amide bonds. The summed E-state index contributed by atoms with van der Waals surface area (Å²) in [7, 11) is 0. The first-order chi connectivity index (χ1) is 29.5. The number of hydrogen-bond acceptors (Lipinski definition) is 6. The van der Waals surface area contributed by atoms with E-state index in [0.717, 1.165) is 89.6 Å². The number of para-hydroxylation sites is 2. The average Bonchev–Trinajstić information content (AvgIpc) is 3.79. The lowest BCUT2D eigenvalue weighted by Gasteiger charge is -2.11. The van der Waals surface area contributed by atoms with Crippen molar-refractivity contribution in [3.05, 3.63) is 194 Å². The van der Waals surface area contributed by atoms with E-state index < -0.39 is 0 Å². The maximum Gasteiger partial charge on any atom is 0.137 e. The number of hydrogen-bond donors (Lipinski definition) is 0. The molecule has 0 fully saturated rings. The van der Waals surface area contributed by atoms with Crippen molar-refractivity contribution < 1.29 is 9.47 Å². The predicted molar refractivity (Wildman–Crippen MR) is 240 cm³/mol. The highest BCUT2D eigenvalue weighted by atomic mass is 16.5. The van der Waals surface area contributed by atoms with Crippen molar-refractivity contribution >= 4 is 43.6 Å². The zero-order valence-electron chi connectivity index (χ0n) is 32.8. The van der Waals surface area contributed by atoms with Crippen LogP contribution in [0.2, 0.25) is 0 Å². The summed E-state index contributed by atoms with van der Waals surface area (Å²) in [6.07, 6.45) is 7.40. The van der Waals surface area contributed by atoms with Crippen LogP contribution in [0.15, 0.2) is 183 Å². The van der Waals surface area contributed by atoms with Crippen LogP contribution in [0.4, 0.5) is 0 Å². The number of aryl methyl sites for hydroxylation is 2. The number of rotatable bonds is 8. The average molecular weight is 777 g/mol. The van der Waals surface area contributed by atoms with E-state index in [4.69, 9.17) is 29.4 Å². The second-order valence-electron chi connectivity index (χ2n) is 15.0. The van der Waals surface area contributed by atoms with Crippen LogP contribution in [-0.2, 0) is 0 Å². The van der Waals surface area contributed by atoms with Crippen LogP contribution in [0, 0.1) is 13.8 Å². The van der Waals surface area contributed by atoms with E-state index in [2.05, 4.69) is 106 Å². The molecule has 6 aromatic carbocycles. The summed E-state index contributed by atoms with van der Waals surface area (Å²) in [6.45, 7) is 4.09. The maximum atomic E-state index is 6.48. The van der Waals surface area contributed by atoms with Gasteiger partial charge in [-0.25, -0.2) is 9.97 Å². The topological polar surface area (TPSA) is 79.9 Å². The molecule has 5 aromatic heterocycles. The van der Waals surface area contributed by atoms with Crippen LogP contribution in [0.1, 0.15) is 11.1 Å². The Labute approximate surface area is 345 Å². The van der Waals surface area contributed by atoms with Gasteiger partial charge in [0.05, 0.1) is 45.8 Å². The van der Waals surface area contributed by atoms with E-state index in [0.29, 0.717) is 11.5 Å². The molecule has 0 unspecified atom stereocenters. The number of aromatic nitrogens is 6. The molecule has 8 nitrogen and oxygen atoms in total. The van der Waals surface area contributed by atoms with Crippen molar-refractivity contribution in [2.45, 2.75) is 13.8 Å². The minimum atomic E-state index is 0.701. The minimum Gasteiger partial charge on any atom is -0.457 e. The van der Waals surface area contributed by atoms with Gasteiger partial charge < -0.3 is 9.47 Å². The highest BCUT2D eigenvalue weighted by molar-refractivity contribution is 6.10. The highest BCUT2D eigenvalue weighted by Crippen LogP contribution is 2.37. The molecule has 0 bridgehead atoms. The summed E-state index contributed by atoms with van der Waals surface area (Å²) in [5, 5.41) is 4.61. The summed E-state index contributed by atoms with van der Waals surface area (Å²) in [5.41, 5.74) is 9.75. The summed E-state index contributed by atoms with van der Waals surface area (Å²) in [4.78, 5) is 19.2. The van der Waals surface area contributed by atoms with Gasteiger partial charge in [-0.2, -0.15) is 0 Å². The van der Waals surface area contributed by atoms with Crippen LogP contribution < -0.4 is 9.47 Å². The van der Waals surface area contributed by atoms with Gasteiger partial charge in [0.2, 0.25) is 0 Å². The van der Waals surface area contributed by atoms with Gasteiger partial charge >= 0.3 is 0 Å². The first-order valence-electron chi connectivity index (χ1n) is 19.8. The summed E-state index contributed by atoms with van der Waals surface area (Å²) >= 11 is 0. The van der Waals surface area contributed by atoms with E-state index in [1.54, 1.807) is 12.4 Å². The molecule has 0 saturated heterocycles. The second-order valence-corrected chi connectivity index (χ2v) is 15.0. The third-order valence-electron chi connectivity index (χ3n) is 10.9. The fourth-order valence-electron chi connectivity index (χ4n) is 8.04. The number of benzene rings is 6. The van der Waals surface area contributed by atoms with Gasteiger partial charge in [0.15, 0.2) is 0 Å². The number of fused-ring (bicyclic) bond motifs is 6. The van der Waals surface area contributed by atoms with Crippen LogP contribution >= 0.6 is 0 Å². The highest BCUT2D eigenvalue weighted by Gasteiger charge is 2.16. The molecule has 0 aliphatic heterocycles. The van der Waals surface area contributed by atoms with Crippen LogP contribution in [0.5, 0.6) is 23.0 Å². The minimum absolute atomic E-state index is 0.701. The Hall–Kier alpha value is -8.10. The molecule has 0 aliphatic rings. The van der Waals surface area contributed by atoms with Gasteiger partial charge in [-0.15, -0.1) is 0 Å². The van der Waals surface area contributed by atoms with Crippen molar-refractivity contribution in [2.24, 2.45) is 0 Å². The van der Waals surface area contributed by atoms with E-state index >= 15 is 0 Å². The Kier molecular flexibility index (Phi) is 8.41. The molecule has 0 saturated carbocycles. The monoisotopic (exact) mass is 776 g/mol. The molecule has 5 heterocycles. The fraction of sp³-hybridized carbons (Fsp3) is 0.0385. The number of pyridine rings is 2. The van der Waals surface area contributed by atoms with E-state index in [1.807, 2.05) is 86.9 Å². The first kappa shape index (κ1) is 35.1. The molecule has 0 radical (unpaired) electrons. The van der Waals surface area contributed by atoms with E-state index in [9.17, 15) is 0 Å². The maximum absolute atomic E-state index is 6.48. The summed E-state index contributed by atoms with van der Waals surface area (Å²) in [5.74, 6) is 4.58. The molecule has 0 atom stereocenters. The zero-order chi connectivity index (χ0) is 40.2. The normalized spacial score (nSPS) is 11.5. The Bertz CT molecular complexity index is 3160. The standard InChI is InChI=1S/C52H36N6O2/c1-33-17-23-51(55-29-33)57-47-15-5-3-13-41(47)43-21-19-39(27-49(43)57)59-37-11-7-9-35(25-37)45-31-54-46(32-53-45)36-10-8-12-38(26-36)60-40-20-22-44-42-14-4-6-16-48(42)58(50(44)28-40)52-24-18-34(2)30-56-52/h3-32H,1-2H3. The molecule has 11 rings (SSSR count). The molecule has 11 aromatic rings. The van der Waals surface area contributed by atoms with E-state index in [-0.39, 0.29) is 0 Å². The number of ether oxygens (including phenoxy) is 2. The van der Waals surface area contributed by atoms with Crippen molar-refractivity contribution in [1.82, 2.24) is 29.1 Å². The predicted octanol–water partition coefficient (Wildman–Crippen LogP) is 13.0. The third-order valence-corrected chi connectivity index (χ3v) is 10.9. The quantitative estimate of drug-likeness (QED) is 0.153. The van der Waals surface area contributed by atoms with Crippen molar-refractivity contribution in [3.8, 4) is 57.1 Å². The smallest absolute Gasteiger partial charge is 0.137 e. The van der Waals surface area contributed by atoms with E-state index in [1.165, 1.54) is 10.8 Å². The first-order valence-corrected chi connectivity index (χ1v) is 19.8. The molecular formula is C52H36N6O2.